The van der Waals surface area contributed by atoms with Crippen molar-refractivity contribution in [1.82, 2.24) is 5.32 Å². The van der Waals surface area contributed by atoms with E-state index in [1.54, 1.807) is 11.0 Å². The first-order chi connectivity index (χ1) is 10.6. The van der Waals surface area contributed by atoms with Gasteiger partial charge in [-0.05, 0) is 29.8 Å². The van der Waals surface area contributed by atoms with Crippen LogP contribution in [0.15, 0.2) is 47.1 Å². The van der Waals surface area contributed by atoms with E-state index in [2.05, 4.69) is 5.32 Å². The summed E-state index contributed by atoms with van der Waals surface area (Å²) >= 11 is 6.19. The van der Waals surface area contributed by atoms with E-state index in [0.29, 0.717) is 17.3 Å². The van der Waals surface area contributed by atoms with Crippen molar-refractivity contribution in [3.63, 3.8) is 0 Å². The molecule has 0 unspecified atom stereocenters. The number of carboxylic acid groups (broad SMARTS) is 1. The molecule has 2 heterocycles. The maximum atomic E-state index is 11.1. The Morgan fingerprint density at radius 2 is 2.09 bits per heavy atom. The zero-order valence-corrected chi connectivity index (χ0v) is 12.7. The molecule has 2 N–H and O–H groups in total. The van der Waals surface area contributed by atoms with Gasteiger partial charge in [0.25, 0.3) is 0 Å². The van der Waals surface area contributed by atoms with Crippen molar-refractivity contribution in [2.75, 3.05) is 31.1 Å². The van der Waals surface area contributed by atoms with Crippen LogP contribution in [-0.4, -0.2) is 37.3 Å². The monoisotopic (exact) mass is 320 g/mol. The number of allylic oxidation sites excluding steroid dienone is 2. The van der Waals surface area contributed by atoms with Gasteiger partial charge in [0, 0.05) is 18.8 Å². The number of halogens is 1. The lowest BCUT2D eigenvalue weighted by Gasteiger charge is -2.28. The SMILES string of the molecule is O=C(O)C1=CC=C(Cl)N(c2ccc([C@H]3CNCCO3)cc2)C1. The average Bonchev–Trinajstić information content (AvgIpc) is 2.56. The van der Waals surface area contributed by atoms with Crippen molar-refractivity contribution >= 4 is 23.3 Å². The van der Waals surface area contributed by atoms with Crippen LogP contribution in [0.3, 0.4) is 0 Å². The average molecular weight is 321 g/mol. The molecule has 3 rings (SSSR count). The van der Waals surface area contributed by atoms with Crippen LogP contribution in [0, 0.1) is 0 Å². The Labute approximate surface area is 133 Å². The third-order valence-electron chi connectivity index (χ3n) is 3.79. The molecular formula is C16H17ClN2O3. The van der Waals surface area contributed by atoms with Gasteiger partial charge in [0.05, 0.1) is 24.8 Å². The van der Waals surface area contributed by atoms with Crippen LogP contribution in [0.25, 0.3) is 0 Å². The van der Waals surface area contributed by atoms with E-state index in [-0.39, 0.29) is 12.6 Å². The van der Waals surface area contributed by atoms with Gasteiger partial charge >= 0.3 is 5.97 Å². The molecule has 2 aliphatic rings. The summed E-state index contributed by atoms with van der Waals surface area (Å²) in [6.07, 6.45) is 3.21. The van der Waals surface area contributed by atoms with Gasteiger partial charge in [-0.3, -0.25) is 0 Å². The van der Waals surface area contributed by atoms with Gasteiger partial charge in [-0.1, -0.05) is 23.7 Å². The molecule has 0 radical (unpaired) electrons. The largest absolute Gasteiger partial charge is 0.478 e. The molecule has 6 heteroatoms. The molecule has 1 aromatic rings. The summed E-state index contributed by atoms with van der Waals surface area (Å²) in [5.74, 6) is -0.927. The molecule has 0 saturated carbocycles. The fourth-order valence-corrected chi connectivity index (χ4v) is 2.78. The van der Waals surface area contributed by atoms with E-state index in [4.69, 9.17) is 21.4 Å². The molecule has 0 spiro atoms. The number of hydrogen-bond donors (Lipinski definition) is 2. The Morgan fingerprint density at radius 3 is 2.73 bits per heavy atom. The molecule has 0 aromatic heterocycles. The van der Waals surface area contributed by atoms with Crippen molar-refractivity contribution < 1.29 is 14.6 Å². The summed E-state index contributed by atoms with van der Waals surface area (Å²) in [6.45, 7) is 2.65. The third-order valence-corrected chi connectivity index (χ3v) is 4.12. The highest BCUT2D eigenvalue weighted by molar-refractivity contribution is 6.31. The lowest BCUT2D eigenvalue weighted by Crippen LogP contribution is -2.33. The van der Waals surface area contributed by atoms with Crippen LogP contribution in [0.4, 0.5) is 5.69 Å². The standard InChI is InChI=1S/C16H17ClN2O3/c17-15-6-3-12(16(20)21)10-19(15)13-4-1-11(2-5-13)14-9-18-7-8-22-14/h1-6,14,18H,7-10H2,(H,20,21)/t14-/m1/s1. The highest BCUT2D eigenvalue weighted by Crippen LogP contribution is 2.28. The Kier molecular flexibility index (Phi) is 4.47. The van der Waals surface area contributed by atoms with Crippen molar-refractivity contribution in [2.24, 2.45) is 0 Å². The summed E-state index contributed by atoms with van der Waals surface area (Å²) in [7, 11) is 0. The predicted octanol–water partition coefficient (Wildman–Crippen LogP) is 2.26. The predicted molar refractivity (Wildman–Crippen MR) is 85.0 cm³/mol. The number of anilines is 1. The number of hydrogen-bond acceptors (Lipinski definition) is 4. The normalized spacial score (nSPS) is 22.0. The minimum Gasteiger partial charge on any atom is -0.478 e. The van der Waals surface area contributed by atoms with Crippen molar-refractivity contribution in [3.8, 4) is 0 Å². The van der Waals surface area contributed by atoms with Crippen molar-refractivity contribution in [2.45, 2.75) is 6.10 Å². The van der Waals surface area contributed by atoms with Gasteiger partial charge in [-0.2, -0.15) is 0 Å². The lowest BCUT2D eigenvalue weighted by molar-refractivity contribution is -0.132. The number of benzene rings is 1. The van der Waals surface area contributed by atoms with Crippen LogP contribution in [0.2, 0.25) is 0 Å². The second-order valence-electron chi connectivity index (χ2n) is 5.23. The number of rotatable bonds is 3. The minimum absolute atomic E-state index is 0.0599. The molecule has 1 fully saturated rings. The number of nitrogens with one attached hydrogen (secondary N) is 1. The van der Waals surface area contributed by atoms with Crippen molar-refractivity contribution in [3.05, 3.63) is 52.7 Å². The van der Waals surface area contributed by atoms with Gasteiger partial charge in [-0.15, -0.1) is 0 Å². The molecular weight excluding hydrogens is 304 g/mol. The number of carboxylic acids is 1. The highest BCUT2D eigenvalue weighted by Gasteiger charge is 2.21. The summed E-state index contributed by atoms with van der Waals surface area (Å²) in [5, 5.41) is 12.9. The molecule has 2 aliphatic heterocycles. The van der Waals surface area contributed by atoms with E-state index < -0.39 is 5.97 Å². The van der Waals surface area contributed by atoms with Gasteiger partial charge in [0.2, 0.25) is 0 Å². The number of aliphatic carboxylic acids is 1. The quantitative estimate of drug-likeness (QED) is 0.837. The second kappa shape index (κ2) is 6.52. The summed E-state index contributed by atoms with van der Waals surface area (Å²) in [4.78, 5) is 12.9. The fourth-order valence-electron chi connectivity index (χ4n) is 2.56. The van der Waals surface area contributed by atoms with Crippen LogP contribution in [0.1, 0.15) is 11.7 Å². The lowest BCUT2D eigenvalue weighted by atomic mass is 10.1. The first-order valence-corrected chi connectivity index (χ1v) is 7.52. The van der Waals surface area contributed by atoms with Crippen LogP contribution in [0.5, 0.6) is 0 Å². The Balaban J connectivity index is 1.76. The van der Waals surface area contributed by atoms with Gasteiger partial charge < -0.3 is 20.1 Å². The number of carbonyl (C=O) groups is 1. The molecule has 116 valence electrons. The molecule has 0 amide bonds. The molecule has 1 atom stereocenters. The maximum Gasteiger partial charge on any atom is 0.333 e. The van der Waals surface area contributed by atoms with Gasteiger partial charge in [0.1, 0.15) is 5.16 Å². The van der Waals surface area contributed by atoms with E-state index >= 15 is 0 Å². The molecule has 1 aromatic carbocycles. The topological polar surface area (TPSA) is 61.8 Å². The van der Waals surface area contributed by atoms with Crippen LogP contribution in [-0.2, 0) is 9.53 Å². The summed E-state index contributed by atoms with van der Waals surface area (Å²) < 4.78 is 5.72. The molecule has 22 heavy (non-hydrogen) atoms. The van der Waals surface area contributed by atoms with E-state index in [1.165, 1.54) is 6.08 Å². The van der Waals surface area contributed by atoms with E-state index in [9.17, 15) is 4.79 Å². The van der Waals surface area contributed by atoms with E-state index in [0.717, 1.165) is 24.3 Å². The van der Waals surface area contributed by atoms with Crippen molar-refractivity contribution in [1.29, 1.82) is 0 Å². The third kappa shape index (κ3) is 3.16. The summed E-state index contributed by atoms with van der Waals surface area (Å²) in [6, 6.07) is 7.87. The molecule has 5 nitrogen and oxygen atoms in total. The second-order valence-corrected chi connectivity index (χ2v) is 5.61. The Bertz CT molecular complexity index is 619. The van der Waals surface area contributed by atoms with Crippen LogP contribution >= 0.6 is 11.6 Å². The highest BCUT2D eigenvalue weighted by atomic mass is 35.5. The number of nitrogens with zero attached hydrogens (tertiary/aromatic N) is 1. The van der Waals surface area contributed by atoms with E-state index in [1.807, 2.05) is 24.3 Å². The molecule has 0 bridgehead atoms. The molecule has 1 saturated heterocycles. The maximum absolute atomic E-state index is 11.1. The first kappa shape index (κ1) is 15.1. The smallest absolute Gasteiger partial charge is 0.333 e. The van der Waals surface area contributed by atoms with Gasteiger partial charge in [0.15, 0.2) is 0 Å². The Hall–Kier alpha value is -1.82. The summed E-state index contributed by atoms with van der Waals surface area (Å²) in [5.41, 5.74) is 2.27. The first-order valence-electron chi connectivity index (χ1n) is 7.14. The van der Waals surface area contributed by atoms with Crippen LogP contribution < -0.4 is 10.2 Å². The minimum atomic E-state index is -0.927. The molecule has 0 aliphatic carbocycles. The zero-order valence-electron chi connectivity index (χ0n) is 12.0. The fraction of sp³-hybridized carbons (Fsp3) is 0.312. The number of morpholine rings is 1. The zero-order chi connectivity index (χ0) is 15.5. The number of ether oxygens (including phenoxy) is 1. The van der Waals surface area contributed by atoms with Gasteiger partial charge in [-0.25, -0.2) is 4.79 Å². The Morgan fingerprint density at radius 1 is 1.32 bits per heavy atom.